The lowest BCUT2D eigenvalue weighted by Crippen LogP contribution is -2.11. The second-order valence-electron chi connectivity index (χ2n) is 4.98. The number of carbonyl (C=O) groups is 2. The highest BCUT2D eigenvalue weighted by atomic mass is 16.3. The molecule has 1 aliphatic rings. The van der Waals surface area contributed by atoms with Crippen molar-refractivity contribution in [2.45, 2.75) is 71.6 Å². The molecule has 1 amide bonds. The van der Waals surface area contributed by atoms with E-state index in [1.54, 1.807) is 0 Å². The Labute approximate surface area is 118 Å². The molecule has 0 aromatic heterocycles. The third-order valence-electron chi connectivity index (χ3n) is 3.15. The SMILES string of the molecule is CC1CCCCC1.CCCCCCNC=O.O=CO. The topological polar surface area (TPSA) is 66.4 Å². The van der Waals surface area contributed by atoms with Gasteiger partial charge in [0.2, 0.25) is 6.41 Å². The Kier molecular flexibility index (Phi) is 20.6. The monoisotopic (exact) mass is 273 g/mol. The second-order valence-corrected chi connectivity index (χ2v) is 4.98. The molecule has 19 heavy (non-hydrogen) atoms. The number of hydrogen-bond acceptors (Lipinski definition) is 2. The normalized spacial score (nSPS) is 14.2. The molecule has 114 valence electrons. The van der Waals surface area contributed by atoms with Gasteiger partial charge in [-0.05, 0) is 12.3 Å². The van der Waals surface area contributed by atoms with Gasteiger partial charge in [0.25, 0.3) is 6.47 Å². The minimum absolute atomic E-state index is 0.250. The molecular weight excluding hydrogens is 242 g/mol. The van der Waals surface area contributed by atoms with E-state index in [0.29, 0.717) is 0 Å². The minimum atomic E-state index is -0.250. The molecule has 1 aliphatic carbocycles. The summed E-state index contributed by atoms with van der Waals surface area (Å²) < 4.78 is 0. The maximum absolute atomic E-state index is 9.73. The number of carboxylic acid groups (broad SMARTS) is 1. The molecule has 4 nitrogen and oxygen atoms in total. The van der Waals surface area contributed by atoms with Crippen LogP contribution in [0.25, 0.3) is 0 Å². The molecule has 0 aromatic rings. The molecule has 0 atom stereocenters. The van der Waals surface area contributed by atoms with Crippen molar-refractivity contribution in [2.24, 2.45) is 5.92 Å². The molecule has 2 N–H and O–H groups in total. The van der Waals surface area contributed by atoms with Crippen LogP contribution in [0.4, 0.5) is 0 Å². The first-order chi connectivity index (χ1) is 9.22. The van der Waals surface area contributed by atoms with E-state index >= 15 is 0 Å². The van der Waals surface area contributed by atoms with Crippen molar-refractivity contribution in [2.75, 3.05) is 6.54 Å². The van der Waals surface area contributed by atoms with Crippen molar-refractivity contribution < 1.29 is 14.7 Å². The Morgan fingerprint density at radius 3 is 2.05 bits per heavy atom. The Hall–Kier alpha value is -1.06. The molecular formula is C15H31NO3. The van der Waals surface area contributed by atoms with Gasteiger partial charge < -0.3 is 10.4 Å². The van der Waals surface area contributed by atoms with Gasteiger partial charge in [-0.25, -0.2) is 0 Å². The van der Waals surface area contributed by atoms with Gasteiger partial charge in [-0.15, -0.1) is 0 Å². The van der Waals surface area contributed by atoms with Crippen molar-refractivity contribution >= 4 is 12.9 Å². The molecule has 1 rings (SSSR count). The van der Waals surface area contributed by atoms with Crippen molar-refractivity contribution in [1.82, 2.24) is 5.32 Å². The average Bonchev–Trinajstić information content (AvgIpc) is 2.41. The maximum Gasteiger partial charge on any atom is 0.290 e. The lowest BCUT2D eigenvalue weighted by Gasteiger charge is -2.15. The number of hydrogen-bond donors (Lipinski definition) is 2. The number of amides is 1. The van der Waals surface area contributed by atoms with Crippen LogP contribution in [0.2, 0.25) is 0 Å². The summed E-state index contributed by atoms with van der Waals surface area (Å²) in [6, 6.07) is 0. The number of carbonyl (C=O) groups excluding carboxylic acids is 1. The summed E-state index contributed by atoms with van der Waals surface area (Å²) >= 11 is 0. The van der Waals surface area contributed by atoms with Crippen LogP contribution in [-0.4, -0.2) is 24.5 Å². The van der Waals surface area contributed by atoms with Crippen LogP contribution in [0.3, 0.4) is 0 Å². The van der Waals surface area contributed by atoms with E-state index < -0.39 is 0 Å². The van der Waals surface area contributed by atoms with Gasteiger partial charge in [0.05, 0.1) is 0 Å². The third-order valence-corrected chi connectivity index (χ3v) is 3.15. The molecule has 0 radical (unpaired) electrons. The molecule has 0 aliphatic heterocycles. The van der Waals surface area contributed by atoms with Crippen molar-refractivity contribution in [3.05, 3.63) is 0 Å². The van der Waals surface area contributed by atoms with E-state index in [0.717, 1.165) is 25.3 Å². The van der Waals surface area contributed by atoms with Crippen LogP contribution in [0.1, 0.15) is 71.6 Å². The van der Waals surface area contributed by atoms with Crippen LogP contribution in [0, 0.1) is 5.92 Å². The van der Waals surface area contributed by atoms with E-state index in [-0.39, 0.29) is 6.47 Å². The fourth-order valence-corrected chi connectivity index (χ4v) is 2.02. The van der Waals surface area contributed by atoms with Crippen LogP contribution < -0.4 is 5.32 Å². The first kappa shape index (κ1) is 20.3. The van der Waals surface area contributed by atoms with Crippen LogP contribution >= 0.6 is 0 Å². The second kappa shape index (κ2) is 19.3. The van der Waals surface area contributed by atoms with Gasteiger partial charge >= 0.3 is 0 Å². The highest BCUT2D eigenvalue weighted by Gasteiger charge is 2.05. The average molecular weight is 273 g/mol. The summed E-state index contributed by atoms with van der Waals surface area (Å²) in [5, 5.41) is 9.52. The van der Waals surface area contributed by atoms with Gasteiger partial charge in [-0.3, -0.25) is 9.59 Å². The van der Waals surface area contributed by atoms with Crippen LogP contribution in [-0.2, 0) is 9.59 Å². The molecule has 1 fully saturated rings. The molecule has 0 bridgehead atoms. The van der Waals surface area contributed by atoms with Gasteiger partial charge in [0.15, 0.2) is 0 Å². The summed E-state index contributed by atoms with van der Waals surface area (Å²) in [6.45, 7) is 5.12. The summed E-state index contributed by atoms with van der Waals surface area (Å²) in [5.74, 6) is 1.04. The fourth-order valence-electron chi connectivity index (χ4n) is 2.02. The Morgan fingerprint density at radius 2 is 1.68 bits per heavy atom. The quantitative estimate of drug-likeness (QED) is 0.574. The first-order valence-corrected chi connectivity index (χ1v) is 7.47. The molecule has 1 saturated carbocycles. The van der Waals surface area contributed by atoms with Gasteiger partial charge in [0.1, 0.15) is 0 Å². The highest BCUT2D eigenvalue weighted by molar-refractivity contribution is 5.45. The van der Waals surface area contributed by atoms with E-state index in [2.05, 4.69) is 19.2 Å². The maximum atomic E-state index is 9.73. The third kappa shape index (κ3) is 22.6. The fraction of sp³-hybridized carbons (Fsp3) is 0.867. The summed E-state index contributed by atoms with van der Waals surface area (Å²) in [5.41, 5.74) is 0. The van der Waals surface area contributed by atoms with E-state index in [4.69, 9.17) is 9.90 Å². The van der Waals surface area contributed by atoms with Crippen molar-refractivity contribution in [3.63, 3.8) is 0 Å². The zero-order chi connectivity index (χ0) is 14.8. The number of nitrogens with one attached hydrogen (secondary N) is 1. The lowest BCUT2D eigenvalue weighted by molar-refractivity contribution is -0.122. The standard InChI is InChI=1S/C7H15NO.C7H14.CH2O2/c1-2-3-4-5-6-8-7-9;1-7-5-3-2-4-6-7;2-1-3/h7H,2-6H2,1H3,(H,8,9);7H,2-6H2,1H3;1H,(H,2,3). The van der Waals surface area contributed by atoms with Crippen LogP contribution in [0.15, 0.2) is 0 Å². The summed E-state index contributed by atoms with van der Waals surface area (Å²) in [7, 11) is 0. The Balaban J connectivity index is 0. The van der Waals surface area contributed by atoms with E-state index in [9.17, 15) is 4.79 Å². The number of unbranched alkanes of at least 4 members (excludes halogenated alkanes) is 3. The molecule has 0 heterocycles. The van der Waals surface area contributed by atoms with Crippen LogP contribution in [0.5, 0.6) is 0 Å². The molecule has 0 unspecified atom stereocenters. The molecule has 0 saturated heterocycles. The van der Waals surface area contributed by atoms with E-state index in [1.807, 2.05) is 0 Å². The first-order valence-electron chi connectivity index (χ1n) is 7.47. The summed E-state index contributed by atoms with van der Waals surface area (Å²) in [6.07, 6.45) is 13.1. The Morgan fingerprint density at radius 1 is 1.11 bits per heavy atom. The predicted octanol–water partition coefficient (Wildman–Crippen LogP) is 3.60. The van der Waals surface area contributed by atoms with E-state index in [1.165, 1.54) is 51.4 Å². The van der Waals surface area contributed by atoms with Crippen molar-refractivity contribution in [3.8, 4) is 0 Å². The summed E-state index contributed by atoms with van der Waals surface area (Å²) in [4.78, 5) is 18.1. The zero-order valence-corrected chi connectivity index (χ0v) is 12.6. The van der Waals surface area contributed by atoms with Crippen molar-refractivity contribution in [1.29, 1.82) is 0 Å². The zero-order valence-electron chi connectivity index (χ0n) is 12.6. The molecule has 4 heteroatoms. The lowest BCUT2D eigenvalue weighted by atomic mass is 9.91. The van der Waals surface area contributed by atoms with Gasteiger partial charge in [-0.2, -0.15) is 0 Å². The largest absolute Gasteiger partial charge is 0.483 e. The van der Waals surface area contributed by atoms with Gasteiger partial charge in [0, 0.05) is 6.54 Å². The molecule has 0 spiro atoms. The Bertz CT molecular complexity index is 180. The predicted molar refractivity (Wildman–Crippen MR) is 79.2 cm³/mol. The molecule has 0 aromatic carbocycles. The highest BCUT2D eigenvalue weighted by Crippen LogP contribution is 2.22. The smallest absolute Gasteiger partial charge is 0.290 e. The van der Waals surface area contributed by atoms with Gasteiger partial charge in [-0.1, -0.05) is 65.2 Å². The number of rotatable bonds is 6. The minimum Gasteiger partial charge on any atom is -0.483 e.